The van der Waals surface area contributed by atoms with E-state index < -0.39 is 15.4 Å². The molecule has 0 radical (unpaired) electrons. The number of carbonyl (C=O) groups excluding carboxylic acids is 1. The first-order valence-corrected chi connectivity index (χ1v) is 10.6. The normalized spacial score (nSPS) is 26.6. The maximum atomic E-state index is 12.3. The largest absolute Gasteiger partial charge is 0.369 e. The lowest BCUT2D eigenvalue weighted by Gasteiger charge is -2.36. The Hall–Kier alpha value is -1.60. The molecule has 1 atom stereocenters. The Balaban J connectivity index is 1.48. The molecule has 138 valence electrons. The summed E-state index contributed by atoms with van der Waals surface area (Å²) in [4.78, 5) is 16.8. The minimum absolute atomic E-state index is 0.0485. The number of hydrogen-bond acceptors (Lipinski definition) is 5. The van der Waals surface area contributed by atoms with Gasteiger partial charge in [0.2, 0.25) is 5.91 Å². The topological polar surface area (TPSA) is 69.7 Å². The lowest BCUT2D eigenvalue weighted by Crippen LogP contribution is -2.53. The van der Waals surface area contributed by atoms with Gasteiger partial charge in [-0.15, -0.1) is 0 Å². The second-order valence-corrected chi connectivity index (χ2v) is 9.74. The van der Waals surface area contributed by atoms with Crippen molar-refractivity contribution < 1.29 is 13.2 Å². The number of sulfone groups is 1. The summed E-state index contributed by atoms with van der Waals surface area (Å²) in [5.41, 5.74) is 1.87. The summed E-state index contributed by atoms with van der Waals surface area (Å²) < 4.78 is 23.3. The summed E-state index contributed by atoms with van der Waals surface area (Å²) >= 11 is 0. The Morgan fingerprint density at radius 1 is 1.24 bits per heavy atom. The molecule has 7 heteroatoms. The Morgan fingerprint density at radius 2 is 1.96 bits per heavy atom. The summed E-state index contributed by atoms with van der Waals surface area (Å²) in [6.45, 7) is 7.69. The van der Waals surface area contributed by atoms with Crippen molar-refractivity contribution in [2.45, 2.75) is 25.8 Å². The number of anilines is 1. The van der Waals surface area contributed by atoms with Gasteiger partial charge in [-0.05, 0) is 38.0 Å². The van der Waals surface area contributed by atoms with E-state index in [1.807, 2.05) is 6.92 Å². The first-order chi connectivity index (χ1) is 11.7. The van der Waals surface area contributed by atoms with Gasteiger partial charge in [0.1, 0.15) is 0 Å². The van der Waals surface area contributed by atoms with E-state index in [0.717, 1.165) is 26.2 Å². The molecule has 0 saturated carbocycles. The van der Waals surface area contributed by atoms with Gasteiger partial charge in [0, 0.05) is 31.9 Å². The van der Waals surface area contributed by atoms with Crippen molar-refractivity contribution >= 4 is 21.4 Å². The van der Waals surface area contributed by atoms with Gasteiger partial charge in [-0.1, -0.05) is 12.1 Å². The fourth-order valence-electron chi connectivity index (χ4n) is 3.68. The zero-order valence-electron chi connectivity index (χ0n) is 15.0. The number of hydrogen-bond donors (Lipinski definition) is 1. The molecule has 6 nitrogen and oxygen atoms in total. The van der Waals surface area contributed by atoms with Crippen LogP contribution in [0.1, 0.15) is 18.9 Å². The molecule has 1 N–H and O–H groups in total. The maximum Gasteiger partial charge on any atom is 0.234 e. The summed E-state index contributed by atoms with van der Waals surface area (Å²) in [5, 5.41) is 2.94. The molecule has 2 aliphatic rings. The number of nitrogens with one attached hydrogen (secondary N) is 1. The first-order valence-electron chi connectivity index (χ1n) is 8.80. The second-order valence-electron chi connectivity index (χ2n) is 7.55. The molecule has 3 rings (SSSR count). The number of rotatable bonds is 4. The lowest BCUT2D eigenvalue weighted by atomic mass is 10.0. The highest BCUT2D eigenvalue weighted by atomic mass is 32.2. The number of carbonyl (C=O) groups is 1. The molecule has 2 saturated heterocycles. The Kier molecular flexibility index (Phi) is 5.06. The van der Waals surface area contributed by atoms with E-state index in [-0.39, 0.29) is 17.4 Å². The van der Waals surface area contributed by atoms with Gasteiger partial charge < -0.3 is 10.2 Å². The van der Waals surface area contributed by atoms with Crippen LogP contribution in [-0.4, -0.2) is 69.0 Å². The van der Waals surface area contributed by atoms with Crippen LogP contribution in [-0.2, 0) is 14.6 Å². The fourth-order valence-corrected chi connectivity index (χ4v) is 5.77. The molecule has 1 amide bonds. The van der Waals surface area contributed by atoms with E-state index in [1.54, 1.807) is 0 Å². The van der Waals surface area contributed by atoms with E-state index in [4.69, 9.17) is 0 Å². The van der Waals surface area contributed by atoms with Crippen molar-refractivity contribution in [3.05, 3.63) is 29.8 Å². The van der Waals surface area contributed by atoms with Gasteiger partial charge in [0.05, 0.1) is 23.6 Å². The zero-order chi connectivity index (χ0) is 18.1. The molecule has 2 aliphatic heterocycles. The van der Waals surface area contributed by atoms with Crippen molar-refractivity contribution in [2.24, 2.45) is 0 Å². The molecule has 0 aromatic heterocycles. The average molecular weight is 365 g/mol. The van der Waals surface area contributed by atoms with Gasteiger partial charge in [-0.25, -0.2) is 8.42 Å². The Bertz CT molecular complexity index is 742. The first kappa shape index (κ1) is 18.2. The van der Waals surface area contributed by atoms with Crippen LogP contribution in [0.2, 0.25) is 0 Å². The number of aryl methyl sites for hydroxylation is 1. The molecule has 1 aromatic carbocycles. The third-order valence-electron chi connectivity index (χ3n) is 5.05. The summed E-state index contributed by atoms with van der Waals surface area (Å²) in [7, 11) is -3.01. The number of benzene rings is 1. The van der Waals surface area contributed by atoms with Gasteiger partial charge in [0.25, 0.3) is 0 Å². The van der Waals surface area contributed by atoms with Gasteiger partial charge >= 0.3 is 0 Å². The minimum Gasteiger partial charge on any atom is -0.369 e. The van der Waals surface area contributed by atoms with E-state index >= 15 is 0 Å². The monoisotopic (exact) mass is 365 g/mol. The van der Waals surface area contributed by atoms with Crippen LogP contribution in [0, 0.1) is 6.92 Å². The van der Waals surface area contributed by atoms with Crippen LogP contribution in [0.4, 0.5) is 5.69 Å². The highest BCUT2D eigenvalue weighted by molar-refractivity contribution is 7.91. The van der Waals surface area contributed by atoms with Gasteiger partial charge in [-0.3, -0.25) is 9.69 Å². The number of amides is 1. The Morgan fingerprint density at radius 3 is 2.56 bits per heavy atom. The standard InChI is InChI=1S/C18H27N3O3S/c1-15-4-3-5-16(12-15)21-9-7-20(8-10-21)13-17(22)19-18(2)6-11-25(23,24)14-18/h3-5,12H,6-11,13-14H2,1-2H3,(H,19,22). The van der Waals surface area contributed by atoms with E-state index in [2.05, 4.69) is 46.3 Å². The molecule has 2 fully saturated rings. The third kappa shape index (κ3) is 4.73. The molecule has 25 heavy (non-hydrogen) atoms. The summed E-state index contributed by atoms with van der Waals surface area (Å²) in [6.07, 6.45) is 0.502. The smallest absolute Gasteiger partial charge is 0.234 e. The van der Waals surface area contributed by atoms with E-state index in [1.165, 1.54) is 11.3 Å². The van der Waals surface area contributed by atoms with Crippen LogP contribution in [0.25, 0.3) is 0 Å². The predicted octanol–water partition coefficient (Wildman–Crippen LogP) is 0.810. The maximum absolute atomic E-state index is 12.3. The van der Waals surface area contributed by atoms with Crippen LogP contribution < -0.4 is 10.2 Å². The van der Waals surface area contributed by atoms with Crippen LogP contribution in [0.3, 0.4) is 0 Å². The van der Waals surface area contributed by atoms with Crippen molar-refractivity contribution in [3.8, 4) is 0 Å². The highest BCUT2D eigenvalue weighted by Gasteiger charge is 2.39. The molecule has 0 bridgehead atoms. The Labute approximate surface area is 150 Å². The molecule has 1 aromatic rings. The van der Waals surface area contributed by atoms with E-state index in [9.17, 15) is 13.2 Å². The van der Waals surface area contributed by atoms with Crippen molar-refractivity contribution in [1.29, 1.82) is 0 Å². The molecule has 0 aliphatic carbocycles. The predicted molar refractivity (Wildman–Crippen MR) is 99.7 cm³/mol. The van der Waals surface area contributed by atoms with Gasteiger partial charge in [-0.2, -0.15) is 0 Å². The fraction of sp³-hybridized carbons (Fsp3) is 0.611. The molecular formula is C18H27N3O3S. The zero-order valence-corrected chi connectivity index (χ0v) is 15.8. The molecular weight excluding hydrogens is 338 g/mol. The van der Waals surface area contributed by atoms with Crippen LogP contribution in [0.5, 0.6) is 0 Å². The van der Waals surface area contributed by atoms with Gasteiger partial charge in [0.15, 0.2) is 9.84 Å². The third-order valence-corrected chi connectivity index (χ3v) is 6.95. The van der Waals surface area contributed by atoms with Crippen molar-refractivity contribution in [1.82, 2.24) is 10.2 Å². The number of nitrogens with zero attached hydrogens (tertiary/aromatic N) is 2. The van der Waals surface area contributed by atoms with E-state index in [0.29, 0.717) is 13.0 Å². The molecule has 0 spiro atoms. The highest BCUT2D eigenvalue weighted by Crippen LogP contribution is 2.23. The van der Waals surface area contributed by atoms with Crippen LogP contribution in [0.15, 0.2) is 24.3 Å². The quantitative estimate of drug-likeness (QED) is 0.855. The van der Waals surface area contributed by atoms with Crippen LogP contribution >= 0.6 is 0 Å². The summed E-state index contributed by atoms with van der Waals surface area (Å²) in [5.74, 6) is 0.134. The second kappa shape index (κ2) is 6.96. The minimum atomic E-state index is -3.01. The lowest BCUT2D eigenvalue weighted by molar-refractivity contribution is -0.123. The summed E-state index contributed by atoms with van der Waals surface area (Å²) in [6, 6.07) is 8.47. The van der Waals surface area contributed by atoms with Crippen molar-refractivity contribution in [2.75, 3.05) is 49.1 Å². The molecule has 1 unspecified atom stereocenters. The average Bonchev–Trinajstić information content (AvgIpc) is 2.81. The molecule has 2 heterocycles. The van der Waals surface area contributed by atoms with Crippen molar-refractivity contribution in [3.63, 3.8) is 0 Å². The number of piperazine rings is 1. The SMILES string of the molecule is Cc1cccc(N2CCN(CC(=O)NC3(C)CCS(=O)(=O)C3)CC2)c1.